The van der Waals surface area contributed by atoms with Gasteiger partial charge in [0.15, 0.2) is 0 Å². The number of carbonyl (C=O) groups is 1. The average molecular weight is 316 g/mol. The molecular weight excluding hydrogens is 300 g/mol. The molecule has 0 bridgehead atoms. The smallest absolute Gasteiger partial charge is 0.291 e. The van der Waals surface area contributed by atoms with Crippen molar-refractivity contribution in [3.05, 3.63) is 77.9 Å². The summed E-state index contributed by atoms with van der Waals surface area (Å²) in [6.45, 7) is 0.146. The van der Waals surface area contributed by atoms with Crippen molar-refractivity contribution in [1.29, 1.82) is 0 Å². The van der Waals surface area contributed by atoms with Gasteiger partial charge in [0.05, 0.1) is 12.2 Å². The summed E-state index contributed by atoms with van der Waals surface area (Å²) in [4.78, 5) is 16.5. The number of hydrogen-bond donors (Lipinski definition) is 1. The second kappa shape index (κ2) is 7.25. The van der Waals surface area contributed by atoms with E-state index in [2.05, 4.69) is 21.3 Å². The molecule has 0 atom stereocenters. The number of nitrogens with zero attached hydrogens (tertiary/aromatic N) is 3. The third kappa shape index (κ3) is 3.50. The standard InChI is InChI=1S/C19H16N4O/c1-2-13-20-19(24)18-21-17(14-15-9-5-3-6-10-15)23(22-18)16-11-7-4-8-12-16/h1,3-12H,13-14H2,(H,20,24). The molecular formula is C19H16N4O. The number of aromatic nitrogens is 3. The van der Waals surface area contributed by atoms with Crippen LogP contribution in [0, 0.1) is 12.3 Å². The van der Waals surface area contributed by atoms with Gasteiger partial charge in [-0.05, 0) is 17.7 Å². The summed E-state index contributed by atoms with van der Waals surface area (Å²) in [6.07, 6.45) is 5.75. The molecule has 0 unspecified atom stereocenters. The molecule has 3 rings (SSSR count). The summed E-state index contributed by atoms with van der Waals surface area (Å²) < 4.78 is 1.69. The van der Waals surface area contributed by atoms with E-state index in [0.717, 1.165) is 11.3 Å². The Hall–Kier alpha value is -3.39. The van der Waals surface area contributed by atoms with Crippen LogP contribution in [0.4, 0.5) is 0 Å². The van der Waals surface area contributed by atoms with Crippen molar-refractivity contribution < 1.29 is 4.79 Å². The largest absolute Gasteiger partial charge is 0.338 e. The maximum atomic E-state index is 12.1. The van der Waals surface area contributed by atoms with Crippen molar-refractivity contribution in [2.24, 2.45) is 0 Å². The maximum absolute atomic E-state index is 12.1. The first-order chi connectivity index (χ1) is 11.8. The molecule has 1 heterocycles. The molecule has 0 saturated heterocycles. The number of benzene rings is 2. The topological polar surface area (TPSA) is 59.8 Å². The van der Waals surface area contributed by atoms with Crippen LogP contribution in [0.5, 0.6) is 0 Å². The zero-order valence-electron chi connectivity index (χ0n) is 13.0. The van der Waals surface area contributed by atoms with Gasteiger partial charge in [0, 0.05) is 6.42 Å². The van der Waals surface area contributed by atoms with E-state index in [4.69, 9.17) is 6.42 Å². The summed E-state index contributed by atoms with van der Waals surface area (Å²) in [5, 5.41) is 6.95. The maximum Gasteiger partial charge on any atom is 0.291 e. The lowest BCUT2D eigenvalue weighted by atomic mass is 10.1. The lowest BCUT2D eigenvalue weighted by Gasteiger charge is -2.05. The normalized spacial score (nSPS) is 10.1. The van der Waals surface area contributed by atoms with Gasteiger partial charge in [0.25, 0.3) is 5.91 Å². The SMILES string of the molecule is C#CCNC(=O)c1nc(Cc2ccccc2)n(-c2ccccc2)n1. The van der Waals surface area contributed by atoms with Gasteiger partial charge in [-0.25, -0.2) is 9.67 Å². The van der Waals surface area contributed by atoms with Gasteiger partial charge in [-0.1, -0.05) is 54.5 Å². The highest BCUT2D eigenvalue weighted by Gasteiger charge is 2.17. The Morgan fingerprint density at radius 1 is 1.08 bits per heavy atom. The molecule has 3 aromatic rings. The van der Waals surface area contributed by atoms with E-state index >= 15 is 0 Å². The fourth-order valence-corrected chi connectivity index (χ4v) is 2.32. The first-order valence-corrected chi connectivity index (χ1v) is 7.55. The molecule has 0 spiro atoms. The van der Waals surface area contributed by atoms with Crippen LogP contribution in [-0.4, -0.2) is 27.2 Å². The van der Waals surface area contributed by atoms with Crippen LogP contribution in [0.3, 0.4) is 0 Å². The van der Waals surface area contributed by atoms with E-state index in [9.17, 15) is 4.79 Å². The molecule has 0 radical (unpaired) electrons. The van der Waals surface area contributed by atoms with Crippen molar-refractivity contribution in [3.63, 3.8) is 0 Å². The minimum Gasteiger partial charge on any atom is -0.338 e. The Kier molecular flexibility index (Phi) is 4.68. The first kappa shape index (κ1) is 15.5. The molecule has 24 heavy (non-hydrogen) atoms. The number of amides is 1. The highest BCUT2D eigenvalue weighted by molar-refractivity contribution is 5.90. The molecule has 0 saturated carbocycles. The van der Waals surface area contributed by atoms with Crippen molar-refractivity contribution in [1.82, 2.24) is 20.1 Å². The predicted octanol–water partition coefficient (Wildman–Crippen LogP) is 2.22. The van der Waals surface area contributed by atoms with Crippen molar-refractivity contribution >= 4 is 5.91 Å². The van der Waals surface area contributed by atoms with Gasteiger partial charge in [-0.2, -0.15) is 0 Å². The minimum atomic E-state index is -0.378. The van der Waals surface area contributed by atoms with E-state index < -0.39 is 0 Å². The number of carbonyl (C=O) groups excluding carboxylic acids is 1. The van der Waals surface area contributed by atoms with Crippen molar-refractivity contribution in [2.45, 2.75) is 6.42 Å². The van der Waals surface area contributed by atoms with Gasteiger partial charge in [-0.3, -0.25) is 4.79 Å². The third-order valence-electron chi connectivity index (χ3n) is 3.43. The fourth-order valence-electron chi connectivity index (χ4n) is 2.32. The van der Waals surface area contributed by atoms with Crippen LogP contribution in [0.15, 0.2) is 60.7 Å². The summed E-state index contributed by atoms with van der Waals surface area (Å²) in [5.41, 5.74) is 1.95. The quantitative estimate of drug-likeness (QED) is 0.734. The summed E-state index contributed by atoms with van der Waals surface area (Å²) in [5.74, 6) is 2.79. The van der Waals surface area contributed by atoms with Crippen LogP contribution in [0.1, 0.15) is 22.0 Å². The molecule has 0 aliphatic heterocycles. The Morgan fingerprint density at radius 3 is 2.42 bits per heavy atom. The molecule has 5 nitrogen and oxygen atoms in total. The highest BCUT2D eigenvalue weighted by atomic mass is 16.2. The van der Waals surface area contributed by atoms with E-state index in [-0.39, 0.29) is 18.3 Å². The monoisotopic (exact) mass is 316 g/mol. The van der Waals surface area contributed by atoms with Gasteiger partial charge >= 0.3 is 0 Å². The van der Waals surface area contributed by atoms with E-state index in [1.807, 2.05) is 60.7 Å². The fraction of sp³-hybridized carbons (Fsp3) is 0.105. The van der Waals surface area contributed by atoms with Gasteiger partial charge in [-0.15, -0.1) is 11.5 Å². The van der Waals surface area contributed by atoms with Crippen LogP contribution in [0.2, 0.25) is 0 Å². The molecule has 0 fully saturated rings. The Morgan fingerprint density at radius 2 is 1.75 bits per heavy atom. The number of para-hydroxylation sites is 1. The van der Waals surface area contributed by atoms with Gasteiger partial charge < -0.3 is 5.32 Å². The van der Waals surface area contributed by atoms with Gasteiger partial charge in [0.1, 0.15) is 5.82 Å². The van der Waals surface area contributed by atoms with Crippen molar-refractivity contribution in [3.8, 4) is 18.0 Å². The summed E-state index contributed by atoms with van der Waals surface area (Å²) >= 11 is 0. The molecule has 2 aromatic carbocycles. The van der Waals surface area contributed by atoms with Crippen LogP contribution >= 0.6 is 0 Å². The van der Waals surface area contributed by atoms with Crippen LogP contribution < -0.4 is 5.32 Å². The van der Waals surface area contributed by atoms with Gasteiger partial charge in [0.2, 0.25) is 5.82 Å². The Bertz CT molecular complexity index is 863. The second-order valence-electron chi connectivity index (χ2n) is 5.15. The summed E-state index contributed by atoms with van der Waals surface area (Å²) in [6, 6.07) is 19.5. The van der Waals surface area contributed by atoms with Crippen LogP contribution in [-0.2, 0) is 6.42 Å². The summed E-state index contributed by atoms with van der Waals surface area (Å²) in [7, 11) is 0. The number of hydrogen-bond acceptors (Lipinski definition) is 3. The lowest BCUT2D eigenvalue weighted by molar-refractivity contribution is 0.0948. The Balaban J connectivity index is 1.97. The lowest BCUT2D eigenvalue weighted by Crippen LogP contribution is -2.24. The van der Waals surface area contributed by atoms with Crippen molar-refractivity contribution in [2.75, 3.05) is 6.54 Å². The molecule has 5 heteroatoms. The molecule has 0 aliphatic rings. The highest BCUT2D eigenvalue weighted by Crippen LogP contribution is 2.13. The zero-order chi connectivity index (χ0) is 16.8. The minimum absolute atomic E-state index is 0.111. The molecule has 118 valence electrons. The first-order valence-electron chi connectivity index (χ1n) is 7.55. The van der Waals surface area contributed by atoms with E-state index in [0.29, 0.717) is 12.2 Å². The molecule has 1 amide bonds. The zero-order valence-corrected chi connectivity index (χ0v) is 13.0. The average Bonchev–Trinajstić information content (AvgIpc) is 3.05. The third-order valence-corrected chi connectivity index (χ3v) is 3.43. The molecule has 0 aliphatic carbocycles. The number of terminal acetylenes is 1. The Labute approximate surface area is 140 Å². The molecule has 1 N–H and O–H groups in total. The number of rotatable bonds is 5. The van der Waals surface area contributed by atoms with Crippen LogP contribution in [0.25, 0.3) is 5.69 Å². The molecule has 1 aromatic heterocycles. The van der Waals surface area contributed by atoms with E-state index in [1.165, 1.54) is 0 Å². The second-order valence-corrected chi connectivity index (χ2v) is 5.15. The predicted molar refractivity (Wildman–Crippen MR) is 91.8 cm³/mol. The van der Waals surface area contributed by atoms with E-state index in [1.54, 1.807) is 4.68 Å². The number of nitrogens with one attached hydrogen (secondary N) is 1.